The summed E-state index contributed by atoms with van der Waals surface area (Å²) in [6.45, 7) is 6.08. The summed E-state index contributed by atoms with van der Waals surface area (Å²) < 4.78 is 0. The van der Waals surface area contributed by atoms with E-state index in [0.717, 1.165) is 11.1 Å². The van der Waals surface area contributed by atoms with E-state index in [1.165, 1.54) is 21.9 Å². The molecule has 1 unspecified atom stereocenters. The molecule has 1 amide bonds. The average molecular weight is 317 g/mol. The van der Waals surface area contributed by atoms with Gasteiger partial charge in [0.25, 0.3) is 0 Å². The maximum atomic E-state index is 12.1. The second kappa shape index (κ2) is 6.75. The smallest absolute Gasteiger partial charge is 0.335 e. The van der Waals surface area contributed by atoms with Crippen molar-refractivity contribution in [1.29, 1.82) is 0 Å². The molecule has 0 radical (unpaired) electrons. The van der Waals surface area contributed by atoms with Crippen molar-refractivity contribution >= 4 is 23.2 Å². The molecular formula is C17H19NO3S. The third-order valence-electron chi connectivity index (χ3n) is 3.49. The van der Waals surface area contributed by atoms with Crippen molar-refractivity contribution < 1.29 is 14.7 Å². The van der Waals surface area contributed by atoms with Gasteiger partial charge in [0.05, 0.1) is 18.0 Å². The van der Waals surface area contributed by atoms with Crippen LogP contribution in [0.25, 0.3) is 0 Å². The monoisotopic (exact) mass is 317 g/mol. The molecule has 116 valence electrons. The lowest BCUT2D eigenvalue weighted by atomic mass is 10.1. The minimum absolute atomic E-state index is 0.0317. The van der Waals surface area contributed by atoms with E-state index in [-0.39, 0.29) is 23.9 Å². The molecular weight excluding hydrogens is 298 g/mol. The molecule has 1 aromatic carbocycles. The summed E-state index contributed by atoms with van der Waals surface area (Å²) in [6.07, 6.45) is 0.242. The molecule has 1 heterocycles. The first-order valence-corrected chi connectivity index (χ1v) is 7.87. The lowest BCUT2D eigenvalue weighted by Gasteiger charge is -2.14. The van der Waals surface area contributed by atoms with Crippen LogP contribution in [0.2, 0.25) is 0 Å². The molecule has 2 aromatic rings. The van der Waals surface area contributed by atoms with Gasteiger partial charge in [0.1, 0.15) is 0 Å². The molecule has 4 nitrogen and oxygen atoms in total. The fraction of sp³-hybridized carbons (Fsp3) is 0.294. The summed E-state index contributed by atoms with van der Waals surface area (Å²) in [6, 6.07) is 8.45. The molecule has 5 heteroatoms. The first kappa shape index (κ1) is 16.2. The Kier molecular flexibility index (Phi) is 4.98. The summed E-state index contributed by atoms with van der Waals surface area (Å²) in [7, 11) is 0. The number of carbonyl (C=O) groups is 2. The van der Waals surface area contributed by atoms with E-state index in [2.05, 4.69) is 25.2 Å². The molecule has 0 saturated carbocycles. The highest BCUT2D eigenvalue weighted by atomic mass is 32.1. The van der Waals surface area contributed by atoms with Crippen LogP contribution < -0.4 is 5.32 Å². The number of nitrogens with one attached hydrogen (secondary N) is 1. The van der Waals surface area contributed by atoms with Gasteiger partial charge in [-0.25, -0.2) is 4.79 Å². The van der Waals surface area contributed by atoms with Gasteiger partial charge in [-0.15, -0.1) is 11.3 Å². The van der Waals surface area contributed by atoms with Crippen LogP contribution in [-0.2, 0) is 11.2 Å². The van der Waals surface area contributed by atoms with Crippen molar-refractivity contribution in [3.8, 4) is 0 Å². The first-order valence-electron chi connectivity index (χ1n) is 7.05. The van der Waals surface area contributed by atoms with Gasteiger partial charge in [-0.1, -0.05) is 12.1 Å². The van der Waals surface area contributed by atoms with E-state index in [4.69, 9.17) is 5.11 Å². The van der Waals surface area contributed by atoms with Gasteiger partial charge in [0.15, 0.2) is 0 Å². The van der Waals surface area contributed by atoms with Gasteiger partial charge >= 0.3 is 5.97 Å². The van der Waals surface area contributed by atoms with E-state index < -0.39 is 5.97 Å². The number of aryl methyl sites for hydroxylation is 2. The summed E-state index contributed by atoms with van der Waals surface area (Å²) in [5, 5.41) is 11.8. The van der Waals surface area contributed by atoms with Crippen molar-refractivity contribution in [2.75, 3.05) is 0 Å². The molecule has 0 fully saturated rings. The summed E-state index contributed by atoms with van der Waals surface area (Å²) in [5.41, 5.74) is 2.17. The topological polar surface area (TPSA) is 66.4 Å². The second-order valence-corrected chi connectivity index (χ2v) is 6.80. The van der Waals surface area contributed by atoms with Gasteiger partial charge in [-0.2, -0.15) is 0 Å². The SMILES string of the molecule is Cc1cc(C(C)NC(=O)Cc2ccc(C(=O)O)cc2)c(C)s1. The largest absolute Gasteiger partial charge is 0.478 e. The van der Waals surface area contributed by atoms with Crippen molar-refractivity contribution in [1.82, 2.24) is 5.32 Å². The molecule has 1 aromatic heterocycles. The quantitative estimate of drug-likeness (QED) is 0.887. The van der Waals surface area contributed by atoms with Crippen molar-refractivity contribution in [3.05, 3.63) is 56.8 Å². The number of hydrogen-bond acceptors (Lipinski definition) is 3. The number of carboxylic acid groups (broad SMARTS) is 1. The Morgan fingerprint density at radius 2 is 1.86 bits per heavy atom. The number of amides is 1. The molecule has 0 bridgehead atoms. The summed E-state index contributed by atoms with van der Waals surface area (Å²) in [4.78, 5) is 25.4. The average Bonchev–Trinajstić information content (AvgIpc) is 2.78. The zero-order valence-corrected chi connectivity index (χ0v) is 13.7. The van der Waals surface area contributed by atoms with Gasteiger partial charge in [-0.05, 0) is 50.1 Å². The Labute approximate surface area is 133 Å². The van der Waals surface area contributed by atoms with Crippen LogP contribution in [0.1, 0.15) is 44.2 Å². The number of aromatic carboxylic acids is 1. The maximum Gasteiger partial charge on any atom is 0.335 e. The molecule has 0 aliphatic heterocycles. The normalized spacial score (nSPS) is 12.0. The first-order chi connectivity index (χ1) is 10.4. The van der Waals surface area contributed by atoms with Crippen molar-refractivity contribution in [2.24, 2.45) is 0 Å². The highest BCUT2D eigenvalue weighted by Gasteiger charge is 2.14. The van der Waals surface area contributed by atoms with Crippen LogP contribution in [-0.4, -0.2) is 17.0 Å². The Morgan fingerprint density at radius 3 is 2.36 bits per heavy atom. The molecule has 2 N–H and O–H groups in total. The Hall–Kier alpha value is -2.14. The fourth-order valence-electron chi connectivity index (χ4n) is 2.40. The number of benzene rings is 1. The third kappa shape index (κ3) is 3.95. The zero-order valence-electron chi connectivity index (χ0n) is 12.8. The maximum absolute atomic E-state index is 12.1. The molecule has 0 spiro atoms. The number of carbonyl (C=O) groups excluding carboxylic acids is 1. The molecule has 0 aliphatic rings. The van der Waals surface area contributed by atoms with Crippen LogP contribution in [0.4, 0.5) is 0 Å². The molecule has 2 rings (SSSR count). The highest BCUT2D eigenvalue weighted by molar-refractivity contribution is 7.12. The molecule has 1 atom stereocenters. The van der Waals surface area contributed by atoms with Crippen LogP contribution >= 0.6 is 11.3 Å². The molecule has 0 aliphatic carbocycles. The van der Waals surface area contributed by atoms with Gasteiger partial charge in [0.2, 0.25) is 5.91 Å². The van der Waals surface area contributed by atoms with E-state index in [9.17, 15) is 9.59 Å². The minimum atomic E-state index is -0.965. The van der Waals surface area contributed by atoms with Crippen LogP contribution in [0.3, 0.4) is 0 Å². The van der Waals surface area contributed by atoms with E-state index >= 15 is 0 Å². The Bertz CT molecular complexity index is 688. The van der Waals surface area contributed by atoms with Crippen LogP contribution in [0.5, 0.6) is 0 Å². The number of carboxylic acids is 1. The van der Waals surface area contributed by atoms with Gasteiger partial charge < -0.3 is 10.4 Å². The van der Waals surface area contributed by atoms with Gasteiger partial charge in [0, 0.05) is 9.75 Å². The summed E-state index contributed by atoms with van der Waals surface area (Å²) in [5.74, 6) is -1.04. The number of hydrogen-bond donors (Lipinski definition) is 2. The second-order valence-electron chi connectivity index (χ2n) is 5.34. The molecule has 22 heavy (non-hydrogen) atoms. The molecule has 0 saturated heterocycles. The number of rotatable bonds is 5. The Morgan fingerprint density at radius 1 is 1.23 bits per heavy atom. The van der Waals surface area contributed by atoms with Crippen LogP contribution in [0.15, 0.2) is 30.3 Å². The minimum Gasteiger partial charge on any atom is -0.478 e. The fourth-order valence-corrected chi connectivity index (χ4v) is 3.42. The summed E-state index contributed by atoms with van der Waals surface area (Å²) >= 11 is 1.73. The van der Waals surface area contributed by atoms with E-state index in [1.807, 2.05) is 6.92 Å². The lowest BCUT2D eigenvalue weighted by Crippen LogP contribution is -2.28. The predicted octanol–water partition coefficient (Wildman–Crippen LogP) is 3.48. The number of thiophene rings is 1. The van der Waals surface area contributed by atoms with Crippen molar-refractivity contribution in [2.45, 2.75) is 33.2 Å². The lowest BCUT2D eigenvalue weighted by molar-refractivity contribution is -0.121. The van der Waals surface area contributed by atoms with Crippen LogP contribution in [0, 0.1) is 13.8 Å². The highest BCUT2D eigenvalue weighted by Crippen LogP contribution is 2.26. The standard InChI is InChI=1S/C17H19NO3S/c1-10-8-15(12(3)22-10)11(2)18-16(19)9-13-4-6-14(7-5-13)17(20)21/h4-8,11H,9H2,1-3H3,(H,18,19)(H,20,21). The zero-order chi connectivity index (χ0) is 16.3. The predicted molar refractivity (Wildman–Crippen MR) is 87.5 cm³/mol. The van der Waals surface area contributed by atoms with E-state index in [0.29, 0.717) is 0 Å². The van der Waals surface area contributed by atoms with Gasteiger partial charge in [-0.3, -0.25) is 4.79 Å². The third-order valence-corrected chi connectivity index (χ3v) is 4.47. The van der Waals surface area contributed by atoms with E-state index in [1.54, 1.807) is 23.5 Å². The van der Waals surface area contributed by atoms with Crippen molar-refractivity contribution in [3.63, 3.8) is 0 Å². The Balaban J connectivity index is 1.97.